The second-order valence-corrected chi connectivity index (χ2v) is 18.7. The molecule has 2 aliphatic carbocycles. The number of para-hydroxylation sites is 3. The summed E-state index contributed by atoms with van der Waals surface area (Å²) in [6.45, 7) is 1.58. The lowest BCUT2D eigenvalue weighted by Gasteiger charge is -2.29. The second kappa shape index (κ2) is 15.4. The van der Waals surface area contributed by atoms with Gasteiger partial charge in [0.1, 0.15) is 34.5 Å². The van der Waals surface area contributed by atoms with Crippen molar-refractivity contribution in [1.82, 2.24) is 40.4 Å². The molecule has 9 rings (SSSR count). The van der Waals surface area contributed by atoms with Crippen molar-refractivity contribution in [3.63, 3.8) is 0 Å². The van der Waals surface area contributed by atoms with Crippen molar-refractivity contribution in [3.05, 3.63) is 78.2 Å². The van der Waals surface area contributed by atoms with Gasteiger partial charge in [-0.3, -0.25) is 23.9 Å². The molecule has 5 aromatic rings. The summed E-state index contributed by atoms with van der Waals surface area (Å²) in [6, 6.07) is 14.3. The summed E-state index contributed by atoms with van der Waals surface area (Å²) >= 11 is 1.43. The van der Waals surface area contributed by atoms with E-state index in [0.29, 0.717) is 53.2 Å². The zero-order chi connectivity index (χ0) is 40.9. The normalized spacial score (nSPS) is 25.6. The molecule has 3 aromatic heterocycles. The molecule has 18 heteroatoms. The fourth-order valence-corrected chi connectivity index (χ4v) is 10.2. The van der Waals surface area contributed by atoms with Crippen molar-refractivity contribution in [2.24, 2.45) is 5.92 Å². The Morgan fingerprint density at radius 1 is 0.983 bits per heavy atom. The Labute approximate surface area is 343 Å². The molecule has 3 N–H and O–H groups in total. The SMILES string of the molecule is Cc1cc(C(=O)N[C@H]2CCCCC/C=C\[C@@H]3C[C@@]3(C(=O)NS(=O)(=O)C3CC3)NC(=O)[C@@H]3C[C@@H](Oc4nc5ccccc5nc4-c4nc5ccccc5s4)CN3C2=O)no1. The number of benzene rings is 2. The van der Waals surface area contributed by atoms with Crippen LogP contribution in [0, 0.1) is 12.8 Å². The third kappa shape index (κ3) is 7.90. The van der Waals surface area contributed by atoms with Crippen LogP contribution in [0.4, 0.5) is 0 Å². The van der Waals surface area contributed by atoms with Crippen molar-refractivity contribution in [3.8, 4) is 16.6 Å². The highest BCUT2D eigenvalue weighted by Crippen LogP contribution is 2.46. The summed E-state index contributed by atoms with van der Waals surface area (Å²) in [6.07, 6.45) is 7.19. The predicted octanol–water partition coefficient (Wildman–Crippen LogP) is 4.35. The minimum Gasteiger partial charge on any atom is -0.471 e. The van der Waals surface area contributed by atoms with Gasteiger partial charge in [-0.15, -0.1) is 11.3 Å². The molecule has 16 nitrogen and oxygen atoms in total. The first-order valence-electron chi connectivity index (χ1n) is 19.9. The van der Waals surface area contributed by atoms with Crippen LogP contribution in [0.1, 0.15) is 74.0 Å². The molecule has 59 heavy (non-hydrogen) atoms. The van der Waals surface area contributed by atoms with Gasteiger partial charge in [0.15, 0.2) is 11.4 Å². The van der Waals surface area contributed by atoms with Crippen molar-refractivity contribution >= 4 is 66.2 Å². The Balaban J connectivity index is 1.06. The molecule has 3 fully saturated rings. The number of sulfonamides is 1. The number of rotatable bonds is 8. The minimum absolute atomic E-state index is 0.00686. The molecule has 1 saturated heterocycles. The van der Waals surface area contributed by atoms with E-state index in [2.05, 4.69) is 20.5 Å². The van der Waals surface area contributed by atoms with E-state index in [4.69, 9.17) is 24.2 Å². The number of nitrogens with zero attached hydrogens (tertiary/aromatic N) is 5. The van der Waals surface area contributed by atoms with Crippen molar-refractivity contribution in [2.75, 3.05) is 6.54 Å². The number of fused-ring (bicyclic) bond motifs is 4. The van der Waals surface area contributed by atoms with Crippen LogP contribution in [0.3, 0.4) is 0 Å². The first-order valence-corrected chi connectivity index (χ1v) is 22.2. The van der Waals surface area contributed by atoms with Gasteiger partial charge >= 0.3 is 0 Å². The predicted molar refractivity (Wildman–Crippen MR) is 216 cm³/mol. The Morgan fingerprint density at radius 3 is 2.49 bits per heavy atom. The van der Waals surface area contributed by atoms with Gasteiger partial charge in [0.25, 0.3) is 11.8 Å². The lowest BCUT2D eigenvalue weighted by molar-refractivity contribution is -0.141. The number of carbonyl (C=O) groups excluding carboxylic acids is 4. The van der Waals surface area contributed by atoms with E-state index in [1.165, 1.54) is 22.3 Å². The highest BCUT2D eigenvalue weighted by molar-refractivity contribution is 7.91. The van der Waals surface area contributed by atoms with E-state index in [-0.39, 0.29) is 37.4 Å². The molecule has 4 aliphatic rings. The molecule has 5 atom stereocenters. The Kier molecular flexibility index (Phi) is 10.1. The molecule has 0 bridgehead atoms. The zero-order valence-electron chi connectivity index (χ0n) is 32.1. The molecule has 5 heterocycles. The number of carbonyl (C=O) groups is 4. The highest BCUT2D eigenvalue weighted by Gasteiger charge is 2.62. The summed E-state index contributed by atoms with van der Waals surface area (Å²) in [5.41, 5.74) is 0.863. The molecule has 0 unspecified atom stereocenters. The molecular weight excluding hydrogens is 797 g/mol. The van der Waals surface area contributed by atoms with E-state index in [1.54, 1.807) is 6.92 Å². The highest BCUT2D eigenvalue weighted by atomic mass is 32.2. The minimum atomic E-state index is -3.92. The third-order valence-electron chi connectivity index (χ3n) is 11.3. The number of amides is 4. The molecule has 0 spiro atoms. The molecule has 4 amide bonds. The van der Waals surface area contributed by atoms with Crippen LogP contribution < -0.4 is 20.1 Å². The first-order chi connectivity index (χ1) is 28.5. The number of allylic oxidation sites excluding steroid dienone is 1. The lowest BCUT2D eigenvalue weighted by Crippen LogP contribution is -2.58. The summed E-state index contributed by atoms with van der Waals surface area (Å²) in [7, 11) is -3.92. The second-order valence-electron chi connectivity index (χ2n) is 15.7. The third-order valence-corrected chi connectivity index (χ3v) is 14.2. The smallest absolute Gasteiger partial charge is 0.274 e. The van der Waals surface area contributed by atoms with Crippen molar-refractivity contribution in [2.45, 2.75) is 93.7 Å². The zero-order valence-corrected chi connectivity index (χ0v) is 33.8. The Morgan fingerprint density at radius 2 is 1.75 bits per heavy atom. The summed E-state index contributed by atoms with van der Waals surface area (Å²) in [5, 5.41) is 9.48. The van der Waals surface area contributed by atoms with Crippen LogP contribution in [0.5, 0.6) is 5.88 Å². The maximum absolute atomic E-state index is 14.7. The van der Waals surface area contributed by atoms with Gasteiger partial charge in [-0.25, -0.2) is 23.4 Å². The fraction of sp³-hybridized carbons (Fsp3) is 0.415. The fourth-order valence-electron chi connectivity index (χ4n) is 7.89. The van der Waals surface area contributed by atoms with Crippen LogP contribution in [0.2, 0.25) is 0 Å². The van der Waals surface area contributed by atoms with Crippen LogP contribution >= 0.6 is 11.3 Å². The van der Waals surface area contributed by atoms with Crippen molar-refractivity contribution in [1.29, 1.82) is 0 Å². The maximum Gasteiger partial charge on any atom is 0.274 e. The standard InChI is InChI=1S/C41H42N8O8S2/c1-23-19-31(47-57-23)35(50)43-30-15-6-4-2-3-5-11-24-21-41(24,40(53)48-59(54,55)26-17-18-26)46-36(51)32-20-25(22-49(32)39(30)52)56-37-34(42-27-12-7-8-13-28(27)44-37)38-45-29-14-9-10-16-33(29)58-38/h5,7-14,16,19,24-26,30,32H,2-4,6,15,17-18,20-22H2,1H3,(H,43,50)(H,46,51)(H,48,53)/b11-5-/t24-,25-,30+,32+,41-/m1/s1. The first kappa shape index (κ1) is 38.8. The number of thiazole rings is 1. The van der Waals surface area contributed by atoms with Gasteiger partial charge in [0.2, 0.25) is 27.7 Å². The van der Waals surface area contributed by atoms with Crippen molar-refractivity contribution < 1.29 is 36.9 Å². The number of hydrogen-bond donors (Lipinski definition) is 3. The van der Waals surface area contributed by atoms with Gasteiger partial charge in [-0.05, 0) is 69.7 Å². The van der Waals surface area contributed by atoms with Crippen LogP contribution in [0.25, 0.3) is 32.0 Å². The average molecular weight is 839 g/mol. The van der Waals surface area contributed by atoms with E-state index in [9.17, 15) is 27.6 Å². The summed E-state index contributed by atoms with van der Waals surface area (Å²) < 4.78 is 40.8. The number of hydrogen-bond acceptors (Lipinski definition) is 13. The molecule has 0 radical (unpaired) electrons. The summed E-state index contributed by atoms with van der Waals surface area (Å²) in [4.78, 5) is 72.5. The van der Waals surface area contributed by atoms with E-state index in [1.807, 2.05) is 60.7 Å². The number of ether oxygens (including phenoxy) is 1. The average Bonchev–Trinajstić information content (AvgIpc) is 4.04. The maximum atomic E-state index is 14.7. The molecule has 2 saturated carbocycles. The van der Waals surface area contributed by atoms with Gasteiger partial charge < -0.3 is 24.8 Å². The summed E-state index contributed by atoms with van der Waals surface area (Å²) in [5.74, 6) is -2.43. The topological polar surface area (TPSA) is 216 Å². The van der Waals surface area contributed by atoms with E-state index >= 15 is 0 Å². The Bertz CT molecular complexity index is 2590. The van der Waals surface area contributed by atoms with Gasteiger partial charge in [-0.1, -0.05) is 54.4 Å². The lowest BCUT2D eigenvalue weighted by atomic mass is 10.0. The van der Waals surface area contributed by atoms with Gasteiger partial charge in [-0.2, -0.15) is 0 Å². The largest absolute Gasteiger partial charge is 0.471 e. The van der Waals surface area contributed by atoms with Crippen LogP contribution in [0.15, 0.2) is 71.3 Å². The van der Waals surface area contributed by atoms with Gasteiger partial charge in [0.05, 0.1) is 33.0 Å². The number of nitrogens with one attached hydrogen (secondary N) is 3. The van der Waals surface area contributed by atoms with E-state index in [0.717, 1.165) is 23.1 Å². The van der Waals surface area contributed by atoms with Gasteiger partial charge in [0, 0.05) is 18.4 Å². The Hall–Kier alpha value is -5.75. The molecule has 2 aliphatic heterocycles. The monoisotopic (exact) mass is 838 g/mol. The van der Waals surface area contributed by atoms with E-state index < -0.39 is 68.5 Å². The quantitative estimate of drug-likeness (QED) is 0.186. The van der Waals surface area contributed by atoms with Crippen LogP contribution in [-0.4, -0.2) is 92.6 Å². The van der Waals surface area contributed by atoms with Crippen LogP contribution in [-0.2, 0) is 24.4 Å². The molecule has 2 aromatic carbocycles. The number of aryl methyl sites for hydroxylation is 1. The molecular formula is C41H42N8O8S2. The molecule has 306 valence electrons. The number of aromatic nitrogens is 4.